The molecule has 7 nitrogen and oxygen atoms in total. The summed E-state index contributed by atoms with van der Waals surface area (Å²) in [6, 6.07) is 60.0. The molecule has 7 aromatic carbocycles. The van der Waals surface area contributed by atoms with Crippen molar-refractivity contribution < 1.29 is 28.5 Å². The average molecular weight is 972 g/mol. The van der Waals surface area contributed by atoms with Crippen LogP contribution in [-0.2, 0) is 19.4 Å². The van der Waals surface area contributed by atoms with Gasteiger partial charge in [0.15, 0.2) is 0 Å². The van der Waals surface area contributed by atoms with Crippen molar-refractivity contribution in [2.75, 3.05) is 0 Å². The van der Waals surface area contributed by atoms with Gasteiger partial charge < -0.3 is 0 Å². The monoisotopic (exact) mass is 971 g/mol. The number of nitrogens with zero attached hydrogens (tertiary/aromatic N) is 6. The summed E-state index contributed by atoms with van der Waals surface area (Å²) >= 11 is 2.46. The smallest absolute Gasteiger partial charge is 0.244 e. The minimum atomic E-state index is -0.414. The first-order valence-electron chi connectivity index (χ1n) is 19.8. The summed E-state index contributed by atoms with van der Waals surface area (Å²) in [5.74, 6) is 1.35. The molecule has 0 saturated heterocycles. The van der Waals surface area contributed by atoms with E-state index < -0.39 is 5.82 Å². The first-order chi connectivity index (χ1) is 30.1. The molecule has 0 aliphatic heterocycles. The van der Waals surface area contributed by atoms with Gasteiger partial charge in [0.05, 0.1) is 0 Å². The molecule has 9 heteroatoms. The van der Waals surface area contributed by atoms with Gasteiger partial charge in [-0.2, -0.15) is 0 Å². The van der Waals surface area contributed by atoms with Gasteiger partial charge in [-0.25, -0.2) is 14.4 Å². The molecule has 0 radical (unpaired) electrons. The van der Waals surface area contributed by atoms with Crippen LogP contribution in [0.3, 0.4) is 0 Å². The van der Waals surface area contributed by atoms with Crippen LogP contribution in [0.15, 0.2) is 201 Å². The van der Waals surface area contributed by atoms with Crippen molar-refractivity contribution >= 4 is 32.8 Å². The number of benzene rings is 7. The molecule has 0 unspecified atom stereocenters. The van der Waals surface area contributed by atoms with E-state index in [1.165, 1.54) is 18.6 Å². The summed E-state index contributed by atoms with van der Waals surface area (Å²) < 4.78 is 30.1. The molecule has 0 fully saturated rings. The third-order valence-electron chi connectivity index (χ3n) is 11.0. The van der Waals surface area contributed by atoms with Gasteiger partial charge in [0.2, 0.25) is 0 Å². The van der Waals surface area contributed by atoms with Gasteiger partial charge in [-0.05, 0) is 0 Å². The van der Waals surface area contributed by atoms with Crippen LogP contribution in [0.2, 0.25) is 0 Å². The Balaban J connectivity index is 1.02. The van der Waals surface area contributed by atoms with Crippen molar-refractivity contribution in [1.82, 2.24) is 28.7 Å². The number of ether oxygens (including phenoxy) is 1. The van der Waals surface area contributed by atoms with Gasteiger partial charge in [0.25, 0.3) is 0 Å². The minimum Gasteiger partial charge on any atom is -0.244 e. The first kappa shape index (κ1) is 36.5. The van der Waals surface area contributed by atoms with Crippen LogP contribution in [0.4, 0.5) is 4.39 Å². The van der Waals surface area contributed by atoms with E-state index in [2.05, 4.69) is 166 Å². The number of pyridine rings is 1. The molecule has 0 amide bonds. The molecule has 11 aromatic rings. The van der Waals surface area contributed by atoms with Gasteiger partial charge in [-0.3, -0.25) is 0 Å². The van der Waals surface area contributed by atoms with Crippen LogP contribution in [0.1, 0.15) is 0 Å². The summed E-state index contributed by atoms with van der Waals surface area (Å²) in [4.78, 5) is 12.8. The third kappa shape index (κ3) is 6.40. The minimum absolute atomic E-state index is 0.335. The second-order valence-electron chi connectivity index (χ2n) is 14.6. The quantitative estimate of drug-likeness (QED) is 0.152. The predicted octanol–water partition coefficient (Wildman–Crippen LogP) is 12.7. The average Bonchev–Trinajstić information content (AvgIpc) is 3.80. The van der Waals surface area contributed by atoms with Gasteiger partial charge in [0, 0.05) is 29.7 Å². The Kier molecular flexibility index (Phi) is 9.13. The fraction of sp³-hybridized carbons (Fsp3) is 0. The number of rotatable bonds is 8. The molecule has 0 aliphatic carbocycles. The van der Waals surface area contributed by atoms with E-state index in [-0.39, 0.29) is 0 Å². The maximum absolute atomic E-state index is 15.8. The van der Waals surface area contributed by atoms with E-state index in [0.29, 0.717) is 28.4 Å². The molecule has 0 saturated carbocycles. The number of fused-ring (bicyclic) bond motifs is 4. The van der Waals surface area contributed by atoms with Crippen LogP contribution in [0.5, 0.6) is 11.5 Å². The second kappa shape index (κ2) is 15.2. The third-order valence-corrected chi connectivity index (χ3v) is 12.0. The van der Waals surface area contributed by atoms with Crippen molar-refractivity contribution in [3.63, 3.8) is 0 Å². The Morgan fingerprint density at radius 3 is 1.77 bits per heavy atom. The van der Waals surface area contributed by atoms with Crippen LogP contribution in [0, 0.1) is 9.62 Å². The van der Waals surface area contributed by atoms with Crippen molar-refractivity contribution in [3.8, 4) is 62.1 Å². The summed E-state index contributed by atoms with van der Waals surface area (Å²) in [7, 11) is 0. The number of hydrogen-bond donors (Lipinski definition) is 0. The van der Waals surface area contributed by atoms with E-state index in [1.54, 1.807) is 12.4 Å². The van der Waals surface area contributed by atoms with Crippen LogP contribution in [-0.4, -0.2) is 28.7 Å². The van der Waals surface area contributed by atoms with Crippen molar-refractivity contribution in [3.05, 3.63) is 210 Å². The first-order valence-corrected chi connectivity index (χ1v) is 20.9. The van der Waals surface area contributed by atoms with Crippen LogP contribution in [0.25, 0.3) is 83.4 Å². The molecule has 4 heterocycles. The summed E-state index contributed by atoms with van der Waals surface area (Å²) in [5.41, 5.74) is 11.4. The standard InChI is InChI=1S/C52H33FN6O.Pt/c53-46-29-51(56-32-45(46)37-30-54-33-55-31-37)59-47-22-8-7-19-43(47)44-26-25-40(28-50(44)59)60-39-18-11-17-38(27-39)57-34-58(49-24-10-9-23-48(49)57)52-41(35-13-3-1-4-14-35)20-12-21-42(52)36-15-5-2-6-16-36;/h1-33H;. The zero-order valence-electron chi connectivity index (χ0n) is 32.3. The normalized spacial score (nSPS) is 11.5. The van der Waals surface area contributed by atoms with E-state index in [9.17, 15) is 0 Å². The molecule has 294 valence electrons. The number of halogens is 1. The summed E-state index contributed by atoms with van der Waals surface area (Å²) in [6.07, 6.45) is 6.12. The number of hydrogen-bond acceptors (Lipinski definition) is 4. The molecular weight excluding hydrogens is 939 g/mol. The van der Waals surface area contributed by atoms with Crippen molar-refractivity contribution in [2.45, 2.75) is 0 Å². The molecule has 0 atom stereocenters. The van der Waals surface area contributed by atoms with E-state index in [1.807, 2.05) is 47.0 Å². The maximum atomic E-state index is 15.8. The molecule has 11 rings (SSSR count). The summed E-state index contributed by atoms with van der Waals surface area (Å²) in [5, 5.41) is 2.03. The Morgan fingerprint density at radius 1 is 0.459 bits per heavy atom. The zero-order chi connectivity index (χ0) is 40.9. The van der Waals surface area contributed by atoms with Crippen molar-refractivity contribution in [1.29, 1.82) is 0 Å². The van der Waals surface area contributed by atoms with E-state index in [0.717, 1.165) is 70.3 Å². The van der Waals surface area contributed by atoms with Gasteiger partial charge in [-0.1, -0.05) is 12.1 Å². The molecule has 0 aliphatic rings. The van der Waals surface area contributed by atoms with Gasteiger partial charge in [0.1, 0.15) is 12.1 Å². The molecule has 0 bridgehead atoms. The Hall–Kier alpha value is -7.54. The number of imidazole rings is 1. The number of aromatic nitrogens is 6. The SMILES string of the molecule is Fc1cc(-n2c3ccccc3c3ccc(Oc4cccc(-n5[c](=[Pt])n(-c6c(-c7ccccc7)cccc6-c6ccccc6)c6ccccc65)c4)cc32)ncc1-c1cncnc1. The van der Waals surface area contributed by atoms with Gasteiger partial charge in [-0.15, -0.1) is 0 Å². The fourth-order valence-corrected chi connectivity index (χ4v) is 9.43. The van der Waals surface area contributed by atoms with Crippen molar-refractivity contribution in [2.24, 2.45) is 0 Å². The molecule has 0 spiro atoms. The number of para-hydroxylation sites is 4. The molecular formula is C52H33FN6OPt. The molecule has 61 heavy (non-hydrogen) atoms. The summed E-state index contributed by atoms with van der Waals surface area (Å²) in [6.45, 7) is 0. The molecule has 0 N–H and O–H groups in total. The molecule has 4 aromatic heterocycles. The Labute approximate surface area is 360 Å². The van der Waals surface area contributed by atoms with Crippen LogP contribution >= 0.6 is 0 Å². The second-order valence-corrected chi connectivity index (χ2v) is 15.6. The van der Waals surface area contributed by atoms with E-state index in [4.69, 9.17) is 9.72 Å². The Morgan fingerprint density at radius 2 is 1.07 bits per heavy atom. The van der Waals surface area contributed by atoms with Gasteiger partial charge >= 0.3 is 294 Å². The predicted molar refractivity (Wildman–Crippen MR) is 236 cm³/mol. The zero-order valence-corrected chi connectivity index (χ0v) is 34.6. The van der Waals surface area contributed by atoms with E-state index >= 15 is 4.39 Å². The Bertz CT molecular complexity index is 3430. The topological polar surface area (TPSA) is 62.7 Å². The van der Waals surface area contributed by atoms with Crippen LogP contribution < -0.4 is 4.74 Å². The fourth-order valence-electron chi connectivity index (χ4n) is 8.33.